The van der Waals surface area contributed by atoms with E-state index in [1.807, 2.05) is 0 Å². The van der Waals surface area contributed by atoms with E-state index in [1.54, 1.807) is 12.1 Å². The molecule has 0 saturated heterocycles. The summed E-state index contributed by atoms with van der Waals surface area (Å²) in [7, 11) is 0. The number of carbonyl (C=O) groups excluding carboxylic acids is 1. The normalized spacial score (nSPS) is 11.5. The third-order valence-electron chi connectivity index (χ3n) is 1.81. The standard InChI is InChI=1S/C10H6F3NO3S/c11-10(12,13)5-17-9(15)6-4-18-8(14-6)7-2-1-3-16-7/h1-4H,5H2. The Hall–Kier alpha value is -1.83. The van der Waals surface area contributed by atoms with Gasteiger partial charge in [0.05, 0.1) is 6.26 Å². The van der Waals surface area contributed by atoms with E-state index in [0.717, 1.165) is 11.3 Å². The van der Waals surface area contributed by atoms with Gasteiger partial charge in [-0.15, -0.1) is 11.3 Å². The number of thiazole rings is 1. The van der Waals surface area contributed by atoms with Gasteiger partial charge in [0.15, 0.2) is 23.1 Å². The third kappa shape index (κ3) is 3.10. The Morgan fingerprint density at radius 3 is 2.89 bits per heavy atom. The van der Waals surface area contributed by atoms with E-state index in [2.05, 4.69) is 9.72 Å². The molecule has 0 unspecified atom stereocenters. The molecule has 2 rings (SSSR count). The van der Waals surface area contributed by atoms with Crippen LogP contribution in [0.3, 0.4) is 0 Å². The first-order valence-corrected chi connectivity index (χ1v) is 5.57. The summed E-state index contributed by atoms with van der Waals surface area (Å²) >= 11 is 1.08. The minimum atomic E-state index is -4.55. The fourth-order valence-electron chi connectivity index (χ4n) is 1.10. The highest BCUT2D eigenvalue weighted by molar-refractivity contribution is 7.13. The lowest BCUT2D eigenvalue weighted by Crippen LogP contribution is -2.20. The van der Waals surface area contributed by atoms with Crippen molar-refractivity contribution in [1.29, 1.82) is 0 Å². The van der Waals surface area contributed by atoms with E-state index < -0.39 is 18.8 Å². The molecule has 4 nitrogen and oxygen atoms in total. The topological polar surface area (TPSA) is 52.3 Å². The Morgan fingerprint density at radius 1 is 1.50 bits per heavy atom. The van der Waals surface area contributed by atoms with Gasteiger partial charge < -0.3 is 9.15 Å². The van der Waals surface area contributed by atoms with Crippen LogP contribution in [-0.4, -0.2) is 23.7 Å². The van der Waals surface area contributed by atoms with E-state index >= 15 is 0 Å². The molecule has 0 bridgehead atoms. The molecule has 2 aromatic rings. The zero-order chi connectivity index (χ0) is 13.2. The summed E-state index contributed by atoms with van der Waals surface area (Å²) < 4.78 is 44.7. The van der Waals surface area contributed by atoms with Gasteiger partial charge in [0.2, 0.25) is 0 Å². The lowest BCUT2D eigenvalue weighted by Gasteiger charge is -2.05. The van der Waals surface area contributed by atoms with Crippen molar-refractivity contribution in [1.82, 2.24) is 4.98 Å². The molecule has 0 saturated carbocycles. The summed E-state index contributed by atoms with van der Waals surface area (Å²) in [5, 5.41) is 1.72. The molecule has 18 heavy (non-hydrogen) atoms. The molecular weight excluding hydrogens is 271 g/mol. The summed E-state index contributed by atoms with van der Waals surface area (Å²) in [5.74, 6) is -0.670. The Balaban J connectivity index is 2.04. The minimum Gasteiger partial charge on any atom is -0.462 e. The summed E-state index contributed by atoms with van der Waals surface area (Å²) in [5.41, 5.74) is -0.171. The number of alkyl halides is 3. The molecule has 0 aliphatic rings. The number of hydrogen-bond donors (Lipinski definition) is 0. The second kappa shape index (κ2) is 4.81. The van der Waals surface area contributed by atoms with Crippen molar-refractivity contribution in [2.24, 2.45) is 0 Å². The number of nitrogens with zero attached hydrogens (tertiary/aromatic N) is 1. The average Bonchev–Trinajstić information content (AvgIpc) is 2.94. The SMILES string of the molecule is O=C(OCC(F)(F)F)c1csc(-c2ccco2)n1. The first-order chi connectivity index (χ1) is 8.46. The van der Waals surface area contributed by atoms with Gasteiger partial charge >= 0.3 is 12.1 Å². The Kier molecular flexibility index (Phi) is 3.37. The smallest absolute Gasteiger partial charge is 0.422 e. The van der Waals surface area contributed by atoms with E-state index in [9.17, 15) is 18.0 Å². The highest BCUT2D eigenvalue weighted by Gasteiger charge is 2.30. The largest absolute Gasteiger partial charge is 0.462 e. The number of halogens is 3. The van der Waals surface area contributed by atoms with Gasteiger partial charge in [0.1, 0.15) is 0 Å². The van der Waals surface area contributed by atoms with E-state index in [0.29, 0.717) is 10.8 Å². The molecule has 0 spiro atoms. The van der Waals surface area contributed by atoms with Gasteiger partial charge in [0.25, 0.3) is 0 Å². The van der Waals surface area contributed by atoms with Crippen molar-refractivity contribution < 1.29 is 27.1 Å². The first kappa shape index (κ1) is 12.6. The van der Waals surface area contributed by atoms with E-state index in [1.165, 1.54) is 11.6 Å². The number of ether oxygens (including phenoxy) is 1. The second-order valence-corrected chi connectivity index (χ2v) is 4.06. The maximum absolute atomic E-state index is 11.9. The maximum atomic E-state index is 11.9. The van der Waals surface area contributed by atoms with E-state index in [-0.39, 0.29) is 5.69 Å². The zero-order valence-corrected chi connectivity index (χ0v) is 9.55. The van der Waals surface area contributed by atoms with Crippen molar-refractivity contribution in [3.8, 4) is 10.8 Å². The maximum Gasteiger partial charge on any atom is 0.422 e. The van der Waals surface area contributed by atoms with Crippen LogP contribution in [0.25, 0.3) is 10.8 Å². The summed E-state index contributed by atoms with van der Waals surface area (Å²) in [6.45, 7) is -1.63. The Bertz CT molecular complexity index is 533. The number of esters is 1. The molecule has 2 heterocycles. The fourth-order valence-corrected chi connectivity index (χ4v) is 1.86. The summed E-state index contributed by atoms with van der Waals surface area (Å²) in [6.07, 6.45) is -3.12. The molecule has 8 heteroatoms. The van der Waals surface area contributed by atoms with Crippen molar-refractivity contribution in [3.05, 3.63) is 29.5 Å². The van der Waals surface area contributed by atoms with Gasteiger partial charge in [-0.1, -0.05) is 0 Å². The molecule has 2 aromatic heterocycles. The van der Waals surface area contributed by atoms with Crippen LogP contribution in [0.1, 0.15) is 10.5 Å². The van der Waals surface area contributed by atoms with Crippen LogP contribution in [0.15, 0.2) is 28.2 Å². The van der Waals surface area contributed by atoms with Gasteiger partial charge in [-0.3, -0.25) is 0 Å². The molecule has 0 aliphatic carbocycles. The molecule has 0 aromatic carbocycles. The van der Waals surface area contributed by atoms with Gasteiger partial charge in [-0.25, -0.2) is 9.78 Å². The number of hydrogen-bond acceptors (Lipinski definition) is 5. The third-order valence-corrected chi connectivity index (χ3v) is 2.67. The molecule has 0 radical (unpaired) electrons. The van der Waals surface area contributed by atoms with Crippen LogP contribution < -0.4 is 0 Å². The number of aromatic nitrogens is 1. The molecular formula is C10H6F3NO3S. The average molecular weight is 277 g/mol. The van der Waals surface area contributed by atoms with Gasteiger partial charge in [-0.2, -0.15) is 13.2 Å². The van der Waals surface area contributed by atoms with Crippen LogP contribution in [0.4, 0.5) is 13.2 Å². The molecule has 0 atom stereocenters. The Labute approximate surface area is 103 Å². The predicted molar refractivity (Wildman–Crippen MR) is 56.2 cm³/mol. The van der Waals surface area contributed by atoms with Crippen LogP contribution >= 0.6 is 11.3 Å². The molecule has 0 aliphatic heterocycles. The Morgan fingerprint density at radius 2 is 2.28 bits per heavy atom. The fraction of sp³-hybridized carbons (Fsp3) is 0.200. The summed E-state index contributed by atoms with van der Waals surface area (Å²) in [6, 6.07) is 3.27. The quantitative estimate of drug-likeness (QED) is 0.809. The lowest BCUT2D eigenvalue weighted by molar-refractivity contribution is -0.161. The number of furan rings is 1. The van der Waals surface area contributed by atoms with Gasteiger partial charge in [-0.05, 0) is 12.1 Å². The second-order valence-electron chi connectivity index (χ2n) is 3.21. The minimum absolute atomic E-state index is 0.171. The van der Waals surface area contributed by atoms with Crippen molar-refractivity contribution in [3.63, 3.8) is 0 Å². The molecule has 0 N–H and O–H groups in total. The number of carbonyl (C=O) groups is 1. The lowest BCUT2D eigenvalue weighted by atomic mass is 10.4. The van der Waals surface area contributed by atoms with Gasteiger partial charge in [0, 0.05) is 5.38 Å². The van der Waals surface area contributed by atoms with Crippen molar-refractivity contribution >= 4 is 17.3 Å². The monoisotopic (exact) mass is 277 g/mol. The predicted octanol–water partition coefficient (Wildman–Crippen LogP) is 3.12. The first-order valence-electron chi connectivity index (χ1n) is 4.69. The van der Waals surface area contributed by atoms with Crippen LogP contribution in [-0.2, 0) is 4.74 Å². The molecule has 96 valence electrons. The molecule has 0 fully saturated rings. The highest BCUT2D eigenvalue weighted by atomic mass is 32.1. The van der Waals surface area contributed by atoms with Crippen molar-refractivity contribution in [2.45, 2.75) is 6.18 Å². The van der Waals surface area contributed by atoms with Crippen molar-refractivity contribution in [2.75, 3.05) is 6.61 Å². The summed E-state index contributed by atoms with van der Waals surface area (Å²) in [4.78, 5) is 15.1. The molecule has 0 amide bonds. The number of rotatable bonds is 3. The van der Waals surface area contributed by atoms with E-state index in [4.69, 9.17) is 4.42 Å². The van der Waals surface area contributed by atoms with Crippen LogP contribution in [0.5, 0.6) is 0 Å². The van der Waals surface area contributed by atoms with Crippen LogP contribution in [0, 0.1) is 0 Å². The zero-order valence-electron chi connectivity index (χ0n) is 8.73. The highest BCUT2D eigenvalue weighted by Crippen LogP contribution is 2.24. The van der Waals surface area contributed by atoms with Crippen LogP contribution in [0.2, 0.25) is 0 Å².